The van der Waals surface area contributed by atoms with Gasteiger partial charge in [0, 0.05) is 11.8 Å². The van der Waals surface area contributed by atoms with Gasteiger partial charge in [0.2, 0.25) is 0 Å². The van der Waals surface area contributed by atoms with Crippen molar-refractivity contribution in [3.05, 3.63) is 41.8 Å². The molecule has 1 aliphatic carbocycles. The predicted octanol–water partition coefficient (Wildman–Crippen LogP) is 4.37. The molecule has 0 aliphatic heterocycles. The molecule has 0 saturated heterocycles. The molecule has 0 bridgehead atoms. The third kappa shape index (κ3) is 2.29. The Labute approximate surface area is 113 Å². The van der Waals surface area contributed by atoms with Crippen molar-refractivity contribution in [1.82, 2.24) is 9.78 Å². The van der Waals surface area contributed by atoms with Crippen LogP contribution in [0, 0.1) is 5.82 Å². The lowest BCUT2D eigenvalue weighted by Gasteiger charge is -2.16. The predicted molar refractivity (Wildman–Crippen MR) is 74.5 cm³/mol. The summed E-state index contributed by atoms with van der Waals surface area (Å²) in [6.07, 6.45) is 7.68. The second-order valence-electron chi connectivity index (χ2n) is 5.25. The van der Waals surface area contributed by atoms with Crippen molar-refractivity contribution in [2.75, 3.05) is 0 Å². The van der Waals surface area contributed by atoms with Gasteiger partial charge in [0.1, 0.15) is 5.82 Å². The maximum absolute atomic E-state index is 13.4. The van der Waals surface area contributed by atoms with E-state index in [0.717, 1.165) is 23.2 Å². The molecule has 2 aromatic rings. The van der Waals surface area contributed by atoms with Gasteiger partial charge in [-0.2, -0.15) is 5.10 Å². The van der Waals surface area contributed by atoms with Crippen LogP contribution in [0.15, 0.2) is 30.5 Å². The van der Waals surface area contributed by atoms with Crippen molar-refractivity contribution < 1.29 is 4.39 Å². The molecular weight excluding hydrogens is 239 g/mol. The molecule has 0 unspecified atom stereocenters. The van der Waals surface area contributed by atoms with E-state index in [1.165, 1.54) is 25.7 Å². The molecule has 0 radical (unpaired) electrons. The fourth-order valence-electron chi connectivity index (χ4n) is 3.07. The fraction of sp³-hybridized carbons (Fsp3) is 0.438. The molecule has 0 spiro atoms. The highest BCUT2D eigenvalue weighted by Gasteiger charge is 2.21. The molecule has 0 N–H and O–H groups in total. The van der Waals surface area contributed by atoms with Gasteiger partial charge in [-0.25, -0.2) is 4.39 Å². The molecule has 3 heteroatoms. The van der Waals surface area contributed by atoms with Gasteiger partial charge in [-0.15, -0.1) is 0 Å². The highest BCUT2D eigenvalue weighted by Crippen LogP contribution is 2.34. The van der Waals surface area contributed by atoms with E-state index in [0.29, 0.717) is 6.04 Å². The third-order valence-electron chi connectivity index (χ3n) is 4.07. The Morgan fingerprint density at radius 2 is 2.05 bits per heavy atom. The number of halogens is 1. The largest absolute Gasteiger partial charge is 0.262 e. The summed E-state index contributed by atoms with van der Waals surface area (Å²) >= 11 is 0. The average molecular weight is 258 g/mol. The lowest BCUT2D eigenvalue weighted by atomic mass is 10.0. The highest BCUT2D eigenvalue weighted by atomic mass is 19.1. The normalized spacial score (nSPS) is 16.1. The number of rotatable bonds is 3. The number of aryl methyl sites for hydroxylation is 1. The van der Waals surface area contributed by atoms with Crippen LogP contribution in [0.5, 0.6) is 0 Å². The Balaban J connectivity index is 2.04. The van der Waals surface area contributed by atoms with Crippen LogP contribution < -0.4 is 0 Å². The minimum atomic E-state index is -0.160. The SMILES string of the molecule is CCc1cc(F)ccc1-c1ccnn1C1CCCC1. The van der Waals surface area contributed by atoms with Gasteiger partial charge < -0.3 is 0 Å². The van der Waals surface area contributed by atoms with Gasteiger partial charge >= 0.3 is 0 Å². The first kappa shape index (κ1) is 12.4. The van der Waals surface area contributed by atoms with E-state index in [9.17, 15) is 4.39 Å². The minimum Gasteiger partial charge on any atom is -0.262 e. The van der Waals surface area contributed by atoms with E-state index in [4.69, 9.17) is 0 Å². The van der Waals surface area contributed by atoms with Crippen LogP contribution in [-0.2, 0) is 6.42 Å². The molecular formula is C16H19FN2. The zero-order chi connectivity index (χ0) is 13.2. The van der Waals surface area contributed by atoms with Crippen LogP contribution in [-0.4, -0.2) is 9.78 Å². The molecule has 1 heterocycles. The van der Waals surface area contributed by atoms with E-state index >= 15 is 0 Å². The molecule has 1 saturated carbocycles. The molecule has 1 aliphatic rings. The first-order valence-electron chi connectivity index (χ1n) is 7.12. The third-order valence-corrected chi connectivity index (χ3v) is 4.07. The van der Waals surface area contributed by atoms with Gasteiger partial charge in [0.15, 0.2) is 0 Å². The molecule has 0 amide bonds. The Kier molecular flexibility index (Phi) is 3.36. The Morgan fingerprint density at radius 3 is 2.79 bits per heavy atom. The van der Waals surface area contributed by atoms with Gasteiger partial charge in [0.25, 0.3) is 0 Å². The van der Waals surface area contributed by atoms with Crippen LogP contribution in [0.25, 0.3) is 11.3 Å². The molecule has 1 fully saturated rings. The van der Waals surface area contributed by atoms with Crippen molar-refractivity contribution in [3.8, 4) is 11.3 Å². The van der Waals surface area contributed by atoms with Gasteiger partial charge in [-0.3, -0.25) is 4.68 Å². The number of nitrogens with zero attached hydrogens (tertiary/aromatic N) is 2. The minimum absolute atomic E-state index is 0.160. The van der Waals surface area contributed by atoms with E-state index in [-0.39, 0.29) is 5.82 Å². The monoisotopic (exact) mass is 258 g/mol. The summed E-state index contributed by atoms with van der Waals surface area (Å²) in [5.41, 5.74) is 3.30. The lowest BCUT2D eigenvalue weighted by Crippen LogP contribution is -2.08. The summed E-state index contributed by atoms with van der Waals surface area (Å²) in [6, 6.07) is 7.63. The summed E-state index contributed by atoms with van der Waals surface area (Å²) in [7, 11) is 0. The van der Waals surface area contributed by atoms with Crippen LogP contribution in [0.3, 0.4) is 0 Å². The topological polar surface area (TPSA) is 17.8 Å². The standard InChI is InChI=1S/C16H19FN2/c1-2-12-11-13(17)7-8-15(12)16-9-10-18-19(16)14-5-3-4-6-14/h7-11,14H,2-6H2,1H3. The summed E-state index contributed by atoms with van der Waals surface area (Å²) in [6.45, 7) is 2.06. The zero-order valence-electron chi connectivity index (χ0n) is 11.3. The molecule has 2 nitrogen and oxygen atoms in total. The first-order chi connectivity index (χ1) is 9.29. The van der Waals surface area contributed by atoms with Crippen LogP contribution in [0.1, 0.15) is 44.2 Å². The second kappa shape index (κ2) is 5.16. The maximum atomic E-state index is 13.4. The van der Waals surface area contributed by atoms with Crippen molar-refractivity contribution in [2.45, 2.75) is 45.1 Å². The van der Waals surface area contributed by atoms with E-state index in [1.54, 1.807) is 12.1 Å². The first-order valence-corrected chi connectivity index (χ1v) is 7.12. The van der Waals surface area contributed by atoms with Gasteiger partial charge in [-0.05, 0) is 49.1 Å². The fourth-order valence-corrected chi connectivity index (χ4v) is 3.07. The van der Waals surface area contributed by atoms with Crippen LogP contribution in [0.2, 0.25) is 0 Å². The van der Waals surface area contributed by atoms with Gasteiger partial charge in [0.05, 0.1) is 11.7 Å². The van der Waals surface area contributed by atoms with Crippen molar-refractivity contribution >= 4 is 0 Å². The Bertz CT molecular complexity index is 568. The van der Waals surface area contributed by atoms with Crippen molar-refractivity contribution in [2.24, 2.45) is 0 Å². The Morgan fingerprint density at radius 1 is 1.26 bits per heavy atom. The van der Waals surface area contributed by atoms with Crippen molar-refractivity contribution in [1.29, 1.82) is 0 Å². The molecule has 100 valence electrons. The second-order valence-corrected chi connectivity index (χ2v) is 5.25. The smallest absolute Gasteiger partial charge is 0.123 e. The molecule has 3 rings (SSSR count). The Hall–Kier alpha value is -1.64. The summed E-state index contributed by atoms with van der Waals surface area (Å²) in [4.78, 5) is 0. The molecule has 19 heavy (non-hydrogen) atoms. The van der Waals surface area contributed by atoms with E-state index < -0.39 is 0 Å². The summed E-state index contributed by atoms with van der Waals surface area (Å²) in [5, 5.41) is 4.50. The zero-order valence-corrected chi connectivity index (χ0v) is 11.3. The lowest BCUT2D eigenvalue weighted by molar-refractivity contribution is 0.472. The number of hydrogen-bond acceptors (Lipinski definition) is 1. The summed E-state index contributed by atoms with van der Waals surface area (Å²) < 4.78 is 15.5. The summed E-state index contributed by atoms with van der Waals surface area (Å²) in [5.74, 6) is -0.160. The molecule has 0 atom stereocenters. The average Bonchev–Trinajstić information content (AvgIpc) is 3.08. The maximum Gasteiger partial charge on any atom is 0.123 e. The van der Waals surface area contributed by atoms with Crippen LogP contribution in [0.4, 0.5) is 4.39 Å². The quantitative estimate of drug-likeness (QED) is 0.799. The molecule has 1 aromatic heterocycles. The van der Waals surface area contributed by atoms with E-state index in [1.807, 2.05) is 18.3 Å². The number of hydrogen-bond donors (Lipinski definition) is 0. The van der Waals surface area contributed by atoms with Gasteiger partial charge in [-0.1, -0.05) is 19.8 Å². The highest BCUT2D eigenvalue weighted by molar-refractivity contribution is 5.64. The van der Waals surface area contributed by atoms with Crippen LogP contribution >= 0.6 is 0 Å². The van der Waals surface area contributed by atoms with Crippen molar-refractivity contribution in [3.63, 3.8) is 0 Å². The molecule has 1 aromatic carbocycles. The number of benzene rings is 1. The van der Waals surface area contributed by atoms with E-state index in [2.05, 4.69) is 16.7 Å². The number of aromatic nitrogens is 2.